The molecule has 2 unspecified atom stereocenters. The summed E-state index contributed by atoms with van der Waals surface area (Å²) in [6, 6.07) is -0.783. The topological polar surface area (TPSA) is 72.5 Å². The molecule has 0 aromatic carbocycles. The van der Waals surface area contributed by atoms with Crippen molar-refractivity contribution >= 4 is 15.8 Å². The summed E-state index contributed by atoms with van der Waals surface area (Å²) >= 11 is 0. The van der Waals surface area contributed by atoms with Gasteiger partial charge in [0.05, 0.1) is 18.6 Å². The van der Waals surface area contributed by atoms with Gasteiger partial charge in [0, 0.05) is 6.04 Å². The van der Waals surface area contributed by atoms with Gasteiger partial charge in [0.1, 0.15) is 6.04 Å². The van der Waals surface area contributed by atoms with Crippen molar-refractivity contribution in [3.63, 3.8) is 0 Å². The highest BCUT2D eigenvalue weighted by atomic mass is 32.2. The molecule has 0 amide bonds. The first-order valence-corrected chi connectivity index (χ1v) is 8.38. The van der Waals surface area contributed by atoms with Gasteiger partial charge in [-0.1, -0.05) is 19.3 Å². The molecule has 0 spiro atoms. The van der Waals surface area contributed by atoms with Crippen LogP contribution in [0.5, 0.6) is 0 Å². The van der Waals surface area contributed by atoms with E-state index in [4.69, 9.17) is 0 Å². The number of esters is 1. The molecule has 1 N–H and O–H groups in total. The van der Waals surface area contributed by atoms with Crippen molar-refractivity contribution < 1.29 is 17.9 Å². The number of carbonyl (C=O) groups is 1. The lowest BCUT2D eigenvalue weighted by Gasteiger charge is -2.36. The molecule has 1 saturated carbocycles. The molecule has 1 aliphatic heterocycles. The van der Waals surface area contributed by atoms with Crippen molar-refractivity contribution in [3.8, 4) is 0 Å². The summed E-state index contributed by atoms with van der Waals surface area (Å²) in [5.74, 6) is -0.0753. The Kier molecular flexibility index (Phi) is 4.27. The molecule has 1 heterocycles. The highest BCUT2D eigenvalue weighted by Gasteiger charge is 2.39. The molecule has 0 aromatic rings. The van der Waals surface area contributed by atoms with E-state index in [-0.39, 0.29) is 17.5 Å². The fourth-order valence-electron chi connectivity index (χ4n) is 3.04. The fourth-order valence-corrected chi connectivity index (χ4v) is 4.83. The van der Waals surface area contributed by atoms with Crippen LogP contribution in [0.25, 0.3) is 0 Å². The van der Waals surface area contributed by atoms with Gasteiger partial charge in [0.25, 0.3) is 0 Å². The summed E-state index contributed by atoms with van der Waals surface area (Å²) in [5, 5.41) is 3.18. The molecule has 18 heavy (non-hydrogen) atoms. The quantitative estimate of drug-likeness (QED) is 0.743. The zero-order valence-electron chi connectivity index (χ0n) is 10.7. The van der Waals surface area contributed by atoms with Crippen LogP contribution in [0.3, 0.4) is 0 Å². The first-order valence-electron chi connectivity index (χ1n) is 6.56. The lowest BCUT2D eigenvalue weighted by atomic mass is 9.84. The predicted octanol–water partition coefficient (Wildman–Crippen LogP) is 0.495. The molecule has 2 atom stereocenters. The van der Waals surface area contributed by atoms with Gasteiger partial charge < -0.3 is 4.74 Å². The second kappa shape index (κ2) is 5.57. The average molecular weight is 275 g/mol. The number of methoxy groups -OCH3 is 1. The highest BCUT2D eigenvalue weighted by Crippen LogP contribution is 2.29. The Bertz CT molecular complexity index is 400. The number of rotatable bonds is 2. The standard InChI is InChI=1S/C12H21NO4S/c1-17-12(14)11-8-18(15,16)7-10(13-11)9-5-3-2-4-6-9/h9-11,13H,2-8H2,1H3. The first kappa shape index (κ1) is 13.8. The smallest absolute Gasteiger partial charge is 0.323 e. The van der Waals surface area contributed by atoms with Crippen molar-refractivity contribution in [1.82, 2.24) is 5.32 Å². The molecule has 1 saturated heterocycles. The Morgan fingerprint density at radius 2 is 1.83 bits per heavy atom. The van der Waals surface area contributed by atoms with E-state index in [1.165, 1.54) is 13.5 Å². The summed E-state index contributed by atoms with van der Waals surface area (Å²) in [6.07, 6.45) is 5.66. The molecule has 0 radical (unpaired) electrons. The molecule has 6 heteroatoms. The van der Waals surface area contributed by atoms with Crippen LogP contribution in [0.2, 0.25) is 0 Å². The van der Waals surface area contributed by atoms with Gasteiger partial charge in [0.15, 0.2) is 9.84 Å². The van der Waals surface area contributed by atoms with E-state index in [2.05, 4.69) is 10.1 Å². The number of ether oxygens (including phenoxy) is 1. The summed E-state index contributed by atoms with van der Waals surface area (Å²) < 4.78 is 28.4. The van der Waals surface area contributed by atoms with Gasteiger partial charge in [-0.3, -0.25) is 10.1 Å². The molecule has 2 aliphatic rings. The third kappa shape index (κ3) is 3.23. The second-order valence-corrected chi connectivity index (χ2v) is 7.48. The number of nitrogens with one attached hydrogen (secondary N) is 1. The Hall–Kier alpha value is -0.620. The lowest BCUT2D eigenvalue weighted by molar-refractivity contribution is -0.142. The lowest BCUT2D eigenvalue weighted by Crippen LogP contribution is -2.58. The molecule has 0 aromatic heterocycles. The Morgan fingerprint density at radius 1 is 1.17 bits per heavy atom. The fraction of sp³-hybridized carbons (Fsp3) is 0.917. The van der Waals surface area contributed by atoms with Gasteiger partial charge in [-0.15, -0.1) is 0 Å². The van der Waals surface area contributed by atoms with E-state index in [0.717, 1.165) is 25.7 Å². The zero-order valence-corrected chi connectivity index (χ0v) is 11.5. The van der Waals surface area contributed by atoms with Crippen molar-refractivity contribution in [2.45, 2.75) is 44.2 Å². The Labute approximate surface area is 108 Å². The van der Waals surface area contributed by atoms with Gasteiger partial charge >= 0.3 is 5.97 Å². The van der Waals surface area contributed by atoms with Crippen LogP contribution >= 0.6 is 0 Å². The summed E-state index contributed by atoms with van der Waals surface area (Å²) in [5.41, 5.74) is 0. The highest BCUT2D eigenvalue weighted by molar-refractivity contribution is 7.91. The van der Waals surface area contributed by atoms with Gasteiger partial charge in [-0.05, 0) is 18.8 Å². The molecule has 2 rings (SSSR count). The normalized spacial score (nSPS) is 32.9. The third-order valence-electron chi connectivity index (χ3n) is 3.97. The maximum absolute atomic E-state index is 11.9. The van der Waals surface area contributed by atoms with E-state index >= 15 is 0 Å². The molecule has 104 valence electrons. The minimum Gasteiger partial charge on any atom is -0.468 e. The van der Waals surface area contributed by atoms with Crippen molar-refractivity contribution in [2.24, 2.45) is 5.92 Å². The largest absolute Gasteiger partial charge is 0.468 e. The van der Waals surface area contributed by atoms with Crippen LogP contribution < -0.4 is 5.32 Å². The van der Waals surface area contributed by atoms with E-state index in [1.807, 2.05) is 0 Å². The maximum atomic E-state index is 11.9. The summed E-state index contributed by atoms with van der Waals surface area (Å²) in [6.45, 7) is 0. The van der Waals surface area contributed by atoms with Crippen LogP contribution in [-0.2, 0) is 19.4 Å². The first-order chi connectivity index (χ1) is 8.52. The van der Waals surface area contributed by atoms with Crippen LogP contribution in [0.1, 0.15) is 32.1 Å². The summed E-state index contributed by atoms with van der Waals surface area (Å²) in [4.78, 5) is 11.5. The molecule has 0 bridgehead atoms. The zero-order chi connectivity index (χ0) is 13.2. The van der Waals surface area contributed by atoms with Crippen LogP contribution in [0, 0.1) is 5.92 Å². The van der Waals surface area contributed by atoms with Crippen molar-refractivity contribution in [2.75, 3.05) is 18.6 Å². The molecule has 2 fully saturated rings. The predicted molar refractivity (Wildman–Crippen MR) is 68.0 cm³/mol. The van der Waals surface area contributed by atoms with Gasteiger partial charge in [-0.2, -0.15) is 0 Å². The van der Waals surface area contributed by atoms with Crippen molar-refractivity contribution in [3.05, 3.63) is 0 Å². The number of sulfone groups is 1. The van der Waals surface area contributed by atoms with E-state index in [1.54, 1.807) is 0 Å². The SMILES string of the molecule is COC(=O)C1CS(=O)(=O)CC(C2CCCCC2)N1. The molecular formula is C12H21NO4S. The third-order valence-corrected chi connectivity index (χ3v) is 5.68. The average Bonchev–Trinajstić information content (AvgIpc) is 2.37. The Morgan fingerprint density at radius 3 is 2.44 bits per heavy atom. The van der Waals surface area contributed by atoms with Crippen molar-refractivity contribution in [1.29, 1.82) is 0 Å². The van der Waals surface area contributed by atoms with Gasteiger partial charge in [-0.25, -0.2) is 8.42 Å². The minimum atomic E-state index is -3.15. The monoisotopic (exact) mass is 275 g/mol. The number of hydrogen-bond donors (Lipinski definition) is 1. The molecule has 5 nitrogen and oxygen atoms in total. The number of hydrogen-bond acceptors (Lipinski definition) is 5. The van der Waals surface area contributed by atoms with Gasteiger partial charge in [0.2, 0.25) is 0 Å². The van der Waals surface area contributed by atoms with E-state index < -0.39 is 21.8 Å². The molecular weight excluding hydrogens is 254 g/mol. The van der Waals surface area contributed by atoms with Crippen LogP contribution in [0.4, 0.5) is 0 Å². The van der Waals surface area contributed by atoms with E-state index in [9.17, 15) is 13.2 Å². The maximum Gasteiger partial charge on any atom is 0.323 e. The summed E-state index contributed by atoms with van der Waals surface area (Å²) in [7, 11) is -1.86. The second-order valence-electron chi connectivity index (χ2n) is 5.32. The van der Waals surface area contributed by atoms with E-state index in [0.29, 0.717) is 5.92 Å². The Balaban J connectivity index is 2.08. The minimum absolute atomic E-state index is 0.0897. The van der Waals surface area contributed by atoms with Crippen LogP contribution in [-0.4, -0.2) is 45.1 Å². The number of carbonyl (C=O) groups excluding carboxylic acids is 1. The molecule has 1 aliphatic carbocycles. The van der Waals surface area contributed by atoms with Crippen LogP contribution in [0.15, 0.2) is 0 Å².